The summed E-state index contributed by atoms with van der Waals surface area (Å²) in [6, 6.07) is 9.99. The van der Waals surface area contributed by atoms with E-state index in [0.29, 0.717) is 18.4 Å². The number of urea groups is 1. The summed E-state index contributed by atoms with van der Waals surface area (Å²) >= 11 is 0. The number of hydrogen-bond donors (Lipinski definition) is 2. The van der Waals surface area contributed by atoms with E-state index >= 15 is 0 Å². The molecule has 0 radical (unpaired) electrons. The van der Waals surface area contributed by atoms with Crippen LogP contribution in [0.25, 0.3) is 0 Å². The van der Waals surface area contributed by atoms with Crippen LogP contribution in [-0.4, -0.2) is 30.6 Å². The molecule has 3 amide bonds. The molecule has 0 saturated heterocycles. The minimum absolute atomic E-state index is 0.0386. The number of amides is 3. The summed E-state index contributed by atoms with van der Waals surface area (Å²) in [6.45, 7) is 3.71. The van der Waals surface area contributed by atoms with Crippen LogP contribution in [0.5, 0.6) is 0 Å². The summed E-state index contributed by atoms with van der Waals surface area (Å²) in [7, 11) is 0. The van der Waals surface area contributed by atoms with Gasteiger partial charge in [-0.25, -0.2) is 4.79 Å². The van der Waals surface area contributed by atoms with Gasteiger partial charge >= 0.3 is 12.0 Å². The number of rotatable bonds is 5. The molecule has 0 spiro atoms. The zero-order chi connectivity index (χ0) is 20.6. The lowest BCUT2D eigenvalue weighted by Gasteiger charge is -2.61. The van der Waals surface area contributed by atoms with Gasteiger partial charge in [0.1, 0.15) is 0 Å². The summed E-state index contributed by atoms with van der Waals surface area (Å²) in [6.07, 6.45) is 4.96. The van der Waals surface area contributed by atoms with Crippen molar-refractivity contribution in [2.75, 3.05) is 6.54 Å². The highest BCUT2D eigenvalue weighted by molar-refractivity contribution is 5.97. The first-order chi connectivity index (χ1) is 13.9. The normalized spacial score (nSPS) is 33.0. The van der Waals surface area contributed by atoms with Crippen LogP contribution in [0.2, 0.25) is 0 Å². The monoisotopic (exact) mass is 398 g/mol. The quantitative estimate of drug-likeness (QED) is 0.746. The number of nitrogens with one attached hydrogen (secondary N) is 2. The molecular formula is C23H30N2O4. The molecule has 1 aromatic rings. The molecule has 29 heavy (non-hydrogen) atoms. The van der Waals surface area contributed by atoms with E-state index in [4.69, 9.17) is 4.74 Å². The first kappa shape index (κ1) is 19.9. The maximum absolute atomic E-state index is 13.3. The molecular weight excluding hydrogens is 368 g/mol. The zero-order valence-corrected chi connectivity index (χ0v) is 17.2. The van der Waals surface area contributed by atoms with Crippen molar-refractivity contribution >= 4 is 17.9 Å². The minimum atomic E-state index is -0.995. The SMILES string of the molecule is CCNC(=O)NC(=O)[C@H](C)OC(=O)C12C[C@H]3C[C@@H](C1)CC(c1ccccc1)(C3)C2. The van der Waals surface area contributed by atoms with Crippen LogP contribution < -0.4 is 10.6 Å². The first-order valence-corrected chi connectivity index (χ1v) is 10.7. The molecule has 1 aromatic carbocycles. The van der Waals surface area contributed by atoms with E-state index in [-0.39, 0.29) is 11.4 Å². The molecule has 5 atom stereocenters. The van der Waals surface area contributed by atoms with Gasteiger partial charge in [0.05, 0.1) is 5.41 Å². The van der Waals surface area contributed by atoms with Crippen molar-refractivity contribution in [2.45, 2.75) is 63.9 Å². The molecule has 0 aromatic heterocycles. The highest BCUT2D eigenvalue weighted by Crippen LogP contribution is 2.66. The second-order valence-corrected chi connectivity index (χ2v) is 9.28. The van der Waals surface area contributed by atoms with Crippen LogP contribution in [0, 0.1) is 17.3 Å². The number of ether oxygens (including phenoxy) is 1. The van der Waals surface area contributed by atoms with Crippen molar-refractivity contribution in [3.63, 3.8) is 0 Å². The van der Waals surface area contributed by atoms with Crippen LogP contribution in [-0.2, 0) is 19.7 Å². The molecule has 4 fully saturated rings. The largest absolute Gasteiger partial charge is 0.452 e. The molecule has 0 aliphatic heterocycles. The van der Waals surface area contributed by atoms with Gasteiger partial charge in [0.15, 0.2) is 6.10 Å². The van der Waals surface area contributed by atoms with E-state index in [9.17, 15) is 14.4 Å². The lowest BCUT2D eigenvalue weighted by Crippen LogP contribution is -2.57. The highest BCUT2D eigenvalue weighted by atomic mass is 16.5. The fourth-order valence-corrected chi connectivity index (χ4v) is 6.39. The van der Waals surface area contributed by atoms with Crippen LogP contribution in [0.4, 0.5) is 4.79 Å². The van der Waals surface area contributed by atoms with Gasteiger partial charge in [0, 0.05) is 6.54 Å². The smallest absolute Gasteiger partial charge is 0.321 e. The number of benzene rings is 1. The van der Waals surface area contributed by atoms with Gasteiger partial charge in [-0.1, -0.05) is 30.3 Å². The number of carbonyl (C=O) groups is 3. The number of hydrogen-bond acceptors (Lipinski definition) is 4. The van der Waals surface area contributed by atoms with Crippen LogP contribution in [0.3, 0.4) is 0 Å². The average Bonchev–Trinajstić information content (AvgIpc) is 2.67. The summed E-state index contributed by atoms with van der Waals surface area (Å²) < 4.78 is 5.63. The van der Waals surface area contributed by atoms with E-state index in [2.05, 4.69) is 34.9 Å². The van der Waals surface area contributed by atoms with Crippen molar-refractivity contribution in [3.8, 4) is 0 Å². The molecule has 6 nitrogen and oxygen atoms in total. The molecule has 0 heterocycles. The van der Waals surface area contributed by atoms with Crippen LogP contribution >= 0.6 is 0 Å². The standard InChI is InChI=1S/C23H30N2O4/c1-3-24-21(28)25-19(26)15(2)29-20(27)23-12-16-9-17(13-23)11-22(10-16,14-23)18-7-5-4-6-8-18/h4-8,15-17H,3,9-14H2,1-2H3,(H2,24,25,26,28)/t15-,16-,17+,22?,23?/m0/s1. The Kier molecular flexibility index (Phi) is 5.13. The Labute approximate surface area is 171 Å². The molecule has 6 heteroatoms. The lowest BCUT2D eigenvalue weighted by atomic mass is 9.43. The summed E-state index contributed by atoms with van der Waals surface area (Å²) in [4.78, 5) is 37.1. The molecule has 2 N–H and O–H groups in total. The third-order valence-electron chi connectivity index (χ3n) is 7.11. The van der Waals surface area contributed by atoms with Gasteiger partial charge in [0.2, 0.25) is 0 Å². The Morgan fingerprint density at radius 2 is 1.76 bits per heavy atom. The van der Waals surface area contributed by atoms with Gasteiger partial charge in [-0.05, 0) is 75.2 Å². The van der Waals surface area contributed by atoms with Crippen molar-refractivity contribution in [3.05, 3.63) is 35.9 Å². The van der Waals surface area contributed by atoms with E-state index < -0.39 is 23.5 Å². The number of carbonyl (C=O) groups excluding carboxylic acids is 3. The molecule has 4 saturated carbocycles. The molecule has 4 aliphatic rings. The summed E-state index contributed by atoms with van der Waals surface area (Å²) in [5.74, 6) is 0.198. The van der Waals surface area contributed by atoms with Crippen LogP contribution in [0.1, 0.15) is 57.9 Å². The van der Waals surface area contributed by atoms with Crippen molar-refractivity contribution in [1.82, 2.24) is 10.6 Å². The average molecular weight is 399 g/mol. The van der Waals surface area contributed by atoms with Crippen molar-refractivity contribution < 1.29 is 19.1 Å². The Bertz CT molecular complexity index is 792. The predicted molar refractivity (Wildman–Crippen MR) is 108 cm³/mol. The second kappa shape index (κ2) is 7.47. The minimum Gasteiger partial charge on any atom is -0.452 e. The third kappa shape index (κ3) is 3.65. The third-order valence-corrected chi connectivity index (χ3v) is 7.11. The molecule has 2 unspecified atom stereocenters. The van der Waals surface area contributed by atoms with Gasteiger partial charge in [-0.2, -0.15) is 0 Å². The Balaban J connectivity index is 1.50. The highest BCUT2D eigenvalue weighted by Gasteiger charge is 2.61. The van der Waals surface area contributed by atoms with Gasteiger partial charge < -0.3 is 10.1 Å². The van der Waals surface area contributed by atoms with E-state index in [1.807, 2.05) is 6.07 Å². The Hall–Kier alpha value is -2.37. The predicted octanol–water partition coefficient (Wildman–Crippen LogP) is 3.30. The zero-order valence-electron chi connectivity index (χ0n) is 17.2. The maximum atomic E-state index is 13.3. The van der Waals surface area contributed by atoms with Crippen molar-refractivity contribution in [2.24, 2.45) is 17.3 Å². The molecule has 4 bridgehead atoms. The summed E-state index contributed by atoms with van der Waals surface area (Å²) in [5.41, 5.74) is 0.852. The molecule has 156 valence electrons. The van der Waals surface area contributed by atoms with Crippen LogP contribution in [0.15, 0.2) is 30.3 Å². The van der Waals surface area contributed by atoms with Crippen molar-refractivity contribution in [1.29, 1.82) is 0 Å². The van der Waals surface area contributed by atoms with Gasteiger partial charge in [-0.3, -0.25) is 14.9 Å². The fraction of sp³-hybridized carbons (Fsp3) is 0.609. The summed E-state index contributed by atoms with van der Waals surface area (Å²) in [5, 5.41) is 4.73. The van der Waals surface area contributed by atoms with Gasteiger partial charge in [0.25, 0.3) is 5.91 Å². The molecule has 4 aliphatic carbocycles. The number of esters is 1. The molecule has 5 rings (SSSR count). The maximum Gasteiger partial charge on any atom is 0.321 e. The first-order valence-electron chi connectivity index (χ1n) is 10.7. The number of imide groups is 1. The fourth-order valence-electron chi connectivity index (χ4n) is 6.39. The Morgan fingerprint density at radius 3 is 2.38 bits per heavy atom. The van der Waals surface area contributed by atoms with E-state index in [1.54, 1.807) is 6.92 Å². The second-order valence-electron chi connectivity index (χ2n) is 9.28. The van der Waals surface area contributed by atoms with Gasteiger partial charge in [-0.15, -0.1) is 0 Å². The lowest BCUT2D eigenvalue weighted by molar-refractivity contribution is -0.180. The Morgan fingerprint density at radius 1 is 1.10 bits per heavy atom. The van der Waals surface area contributed by atoms with E-state index in [1.165, 1.54) is 18.9 Å². The topological polar surface area (TPSA) is 84.5 Å². The van der Waals surface area contributed by atoms with E-state index in [0.717, 1.165) is 32.1 Å².